The zero-order chi connectivity index (χ0) is 25.4. The molecule has 37 heavy (non-hydrogen) atoms. The van der Waals surface area contributed by atoms with Crippen LogP contribution < -0.4 is 20.9 Å². The molecule has 0 fully saturated rings. The van der Waals surface area contributed by atoms with Gasteiger partial charge in [-0.3, -0.25) is 19.1 Å². The van der Waals surface area contributed by atoms with E-state index in [0.29, 0.717) is 73.5 Å². The first-order valence-corrected chi connectivity index (χ1v) is 11.9. The van der Waals surface area contributed by atoms with E-state index < -0.39 is 0 Å². The average Bonchev–Trinajstić information content (AvgIpc) is 2.92. The number of methoxy groups -OCH3 is 1. The van der Waals surface area contributed by atoms with Gasteiger partial charge in [0.25, 0.3) is 5.56 Å². The zero-order valence-corrected chi connectivity index (χ0v) is 20.1. The van der Waals surface area contributed by atoms with E-state index in [1.165, 1.54) is 17.9 Å². The number of rotatable bonds is 6. The number of aryl methyl sites for hydroxylation is 1. The summed E-state index contributed by atoms with van der Waals surface area (Å²) in [6, 6.07) is 5.37. The van der Waals surface area contributed by atoms with Crippen molar-refractivity contribution in [2.24, 2.45) is 0 Å². The molecular formula is C25H24N8O4. The van der Waals surface area contributed by atoms with Gasteiger partial charge in [0.1, 0.15) is 17.2 Å². The van der Waals surface area contributed by atoms with Gasteiger partial charge in [-0.2, -0.15) is 4.98 Å². The fourth-order valence-corrected chi connectivity index (χ4v) is 4.62. The molecule has 6 heterocycles. The number of amides is 1. The molecule has 0 saturated carbocycles. The monoisotopic (exact) mass is 500 g/mol. The lowest BCUT2D eigenvalue weighted by molar-refractivity contribution is -0.116. The van der Waals surface area contributed by atoms with Crippen LogP contribution in [0.4, 0.5) is 5.82 Å². The quantitative estimate of drug-likeness (QED) is 0.397. The number of ether oxygens (including phenoxy) is 2. The van der Waals surface area contributed by atoms with Crippen molar-refractivity contribution in [3.8, 4) is 11.6 Å². The van der Waals surface area contributed by atoms with Gasteiger partial charge in [-0.15, -0.1) is 0 Å². The number of nitrogens with zero attached hydrogens (tertiary/aromatic N) is 6. The molecule has 6 rings (SSSR count). The van der Waals surface area contributed by atoms with Crippen molar-refractivity contribution in [3.05, 3.63) is 69.8 Å². The third kappa shape index (κ3) is 4.52. The highest BCUT2D eigenvalue weighted by atomic mass is 16.5. The third-order valence-electron chi connectivity index (χ3n) is 6.46. The standard InChI is InChI=1S/C25H24N8O4/c1-36-21-5-3-18-25(32-21)33(22(35)11-27-18)17-6-15-12-37-13-16(23(15)29-9-17)7-26-10-19-28-8-14-2-4-20(34)31-24(14)30-19/h3,5-6,8-9,11,16,26H,2,4,7,10,12-13H2,1H3,(H,28,30,31,34). The van der Waals surface area contributed by atoms with Crippen molar-refractivity contribution < 1.29 is 14.3 Å². The Kier molecular flexibility index (Phi) is 6.02. The highest BCUT2D eigenvalue weighted by Crippen LogP contribution is 2.27. The first-order valence-electron chi connectivity index (χ1n) is 11.9. The van der Waals surface area contributed by atoms with E-state index in [-0.39, 0.29) is 17.4 Å². The lowest BCUT2D eigenvalue weighted by atomic mass is 9.98. The topological polar surface area (TPSA) is 146 Å². The number of carbonyl (C=O) groups excluding carboxylic acids is 1. The predicted molar refractivity (Wildman–Crippen MR) is 133 cm³/mol. The Bertz CT molecular complexity index is 1570. The minimum atomic E-state index is -0.314. The van der Waals surface area contributed by atoms with Crippen LogP contribution in [0, 0.1) is 0 Å². The molecule has 0 aromatic carbocycles. The Morgan fingerprint density at radius 3 is 2.92 bits per heavy atom. The largest absolute Gasteiger partial charge is 0.481 e. The van der Waals surface area contributed by atoms with Crippen LogP contribution in [0.3, 0.4) is 0 Å². The summed E-state index contributed by atoms with van der Waals surface area (Å²) in [5.74, 6) is 1.57. The molecule has 188 valence electrons. The number of nitrogens with one attached hydrogen (secondary N) is 2. The fraction of sp³-hybridized carbons (Fsp3) is 0.320. The summed E-state index contributed by atoms with van der Waals surface area (Å²) in [6.45, 7) is 1.96. The number of fused-ring (bicyclic) bond motifs is 3. The van der Waals surface area contributed by atoms with Crippen LogP contribution in [-0.2, 0) is 29.1 Å². The van der Waals surface area contributed by atoms with Crippen LogP contribution in [0.25, 0.3) is 16.9 Å². The minimum absolute atomic E-state index is 0.0132. The van der Waals surface area contributed by atoms with E-state index in [0.717, 1.165) is 16.8 Å². The summed E-state index contributed by atoms with van der Waals surface area (Å²) in [4.78, 5) is 46.7. The molecule has 4 aromatic heterocycles. The van der Waals surface area contributed by atoms with Crippen LogP contribution in [0.5, 0.6) is 5.88 Å². The summed E-state index contributed by atoms with van der Waals surface area (Å²) in [6.07, 6.45) is 5.84. The van der Waals surface area contributed by atoms with Gasteiger partial charge < -0.3 is 20.1 Å². The summed E-state index contributed by atoms with van der Waals surface area (Å²) >= 11 is 0. The second-order valence-corrected chi connectivity index (χ2v) is 8.92. The zero-order valence-electron chi connectivity index (χ0n) is 20.1. The van der Waals surface area contributed by atoms with Crippen molar-refractivity contribution in [3.63, 3.8) is 0 Å². The van der Waals surface area contributed by atoms with Crippen molar-refractivity contribution >= 4 is 22.9 Å². The maximum absolute atomic E-state index is 12.8. The van der Waals surface area contributed by atoms with Gasteiger partial charge >= 0.3 is 0 Å². The van der Waals surface area contributed by atoms with Crippen LogP contribution in [0.15, 0.2) is 41.6 Å². The molecular weight excluding hydrogens is 476 g/mol. The summed E-state index contributed by atoms with van der Waals surface area (Å²) in [5, 5.41) is 6.18. The molecule has 0 spiro atoms. The van der Waals surface area contributed by atoms with Crippen LogP contribution in [0.1, 0.15) is 35.0 Å². The van der Waals surface area contributed by atoms with E-state index in [1.807, 2.05) is 6.07 Å². The van der Waals surface area contributed by atoms with Crippen molar-refractivity contribution in [2.75, 3.05) is 25.6 Å². The number of hydrogen-bond acceptors (Lipinski definition) is 10. The average molecular weight is 501 g/mol. The van der Waals surface area contributed by atoms with Gasteiger partial charge in [0.05, 0.1) is 50.6 Å². The number of carbonyl (C=O) groups is 1. The molecule has 12 heteroatoms. The van der Waals surface area contributed by atoms with E-state index >= 15 is 0 Å². The van der Waals surface area contributed by atoms with Gasteiger partial charge in [-0.25, -0.2) is 15.0 Å². The van der Waals surface area contributed by atoms with E-state index in [4.69, 9.17) is 14.5 Å². The predicted octanol–water partition coefficient (Wildman–Crippen LogP) is 1.26. The molecule has 0 radical (unpaired) electrons. The molecule has 12 nitrogen and oxygen atoms in total. The van der Waals surface area contributed by atoms with Gasteiger partial charge in [-0.05, 0) is 18.6 Å². The molecule has 1 unspecified atom stereocenters. The van der Waals surface area contributed by atoms with Gasteiger partial charge in [0.15, 0.2) is 5.65 Å². The second kappa shape index (κ2) is 9.64. The molecule has 1 amide bonds. The van der Waals surface area contributed by atoms with Gasteiger partial charge in [-0.1, -0.05) is 0 Å². The highest BCUT2D eigenvalue weighted by molar-refractivity contribution is 5.92. The van der Waals surface area contributed by atoms with Crippen LogP contribution >= 0.6 is 0 Å². The third-order valence-corrected chi connectivity index (χ3v) is 6.46. The lowest BCUT2D eigenvalue weighted by Crippen LogP contribution is -2.30. The minimum Gasteiger partial charge on any atom is -0.481 e. The van der Waals surface area contributed by atoms with Gasteiger partial charge in [0, 0.05) is 42.3 Å². The van der Waals surface area contributed by atoms with Crippen molar-refractivity contribution in [1.29, 1.82) is 0 Å². The molecule has 0 saturated heterocycles. The fourth-order valence-electron chi connectivity index (χ4n) is 4.62. The van der Waals surface area contributed by atoms with E-state index in [2.05, 4.69) is 30.6 Å². The number of hydrogen-bond donors (Lipinski definition) is 2. The maximum atomic E-state index is 12.8. The van der Waals surface area contributed by atoms with Crippen LogP contribution in [0.2, 0.25) is 0 Å². The van der Waals surface area contributed by atoms with Crippen molar-refractivity contribution in [2.45, 2.75) is 31.9 Å². The van der Waals surface area contributed by atoms with E-state index in [1.54, 1.807) is 24.5 Å². The smallest absolute Gasteiger partial charge is 0.275 e. The van der Waals surface area contributed by atoms with Crippen LogP contribution in [-0.4, -0.2) is 55.7 Å². The SMILES string of the molecule is COc1ccc2ncc(=O)n(-c3cnc4c(c3)COCC4CNCc3ncc4c(n3)NC(=O)CC4)c2n1. The summed E-state index contributed by atoms with van der Waals surface area (Å²) < 4.78 is 12.6. The summed E-state index contributed by atoms with van der Waals surface area (Å²) in [7, 11) is 1.52. The first kappa shape index (κ1) is 23.1. The Morgan fingerprint density at radius 1 is 1.11 bits per heavy atom. The Hall–Kier alpha value is -4.29. The molecule has 1 atom stereocenters. The second-order valence-electron chi connectivity index (χ2n) is 8.92. The van der Waals surface area contributed by atoms with Crippen molar-refractivity contribution in [1.82, 2.24) is 34.8 Å². The Balaban J connectivity index is 1.21. The number of anilines is 1. The molecule has 0 bridgehead atoms. The highest BCUT2D eigenvalue weighted by Gasteiger charge is 2.24. The lowest BCUT2D eigenvalue weighted by Gasteiger charge is -2.25. The molecule has 0 aliphatic carbocycles. The summed E-state index contributed by atoms with van der Waals surface area (Å²) in [5.41, 5.74) is 4.00. The maximum Gasteiger partial charge on any atom is 0.275 e. The first-order chi connectivity index (χ1) is 18.1. The number of pyridine rings is 2. The normalized spacial score (nSPS) is 16.7. The molecule has 2 aliphatic heterocycles. The van der Waals surface area contributed by atoms with Gasteiger partial charge in [0.2, 0.25) is 11.8 Å². The number of aromatic nitrogens is 6. The van der Waals surface area contributed by atoms with E-state index in [9.17, 15) is 9.59 Å². The molecule has 2 aliphatic rings. The Labute approximate surface area is 211 Å². The molecule has 2 N–H and O–H groups in total. The molecule has 4 aromatic rings. The Morgan fingerprint density at radius 2 is 2.03 bits per heavy atom.